The standard InChI is InChI=1S/C18H26N2O6S/c1-18(2,3)26-17(24)20-14(15(21)22)12-27-10-9-19-16(23)25-11-13-7-5-4-6-8-13/h4-8,14H,9-12H2,1-3H3,(H,19,23)(H,20,24)(H,21,22)/p-1/t14-/m0/s1. The Morgan fingerprint density at radius 3 is 2.41 bits per heavy atom. The zero-order valence-electron chi connectivity index (χ0n) is 15.7. The van der Waals surface area contributed by atoms with Crippen molar-refractivity contribution in [1.82, 2.24) is 10.6 Å². The first-order valence-electron chi connectivity index (χ1n) is 8.40. The van der Waals surface area contributed by atoms with E-state index in [1.54, 1.807) is 20.8 Å². The van der Waals surface area contributed by atoms with Gasteiger partial charge in [0.25, 0.3) is 0 Å². The van der Waals surface area contributed by atoms with Crippen LogP contribution in [0.2, 0.25) is 0 Å². The summed E-state index contributed by atoms with van der Waals surface area (Å²) in [5.74, 6) is -0.869. The van der Waals surface area contributed by atoms with Gasteiger partial charge in [0.2, 0.25) is 0 Å². The fraction of sp³-hybridized carbons (Fsp3) is 0.500. The second-order valence-corrected chi connectivity index (χ2v) is 7.73. The Morgan fingerprint density at radius 2 is 1.81 bits per heavy atom. The van der Waals surface area contributed by atoms with Crippen LogP contribution in [0.15, 0.2) is 30.3 Å². The van der Waals surface area contributed by atoms with Crippen molar-refractivity contribution >= 4 is 29.9 Å². The third kappa shape index (κ3) is 11.0. The number of rotatable bonds is 9. The smallest absolute Gasteiger partial charge is 0.408 e. The minimum Gasteiger partial charge on any atom is -0.548 e. The highest BCUT2D eigenvalue weighted by Gasteiger charge is 2.20. The second kappa shape index (κ2) is 11.3. The van der Waals surface area contributed by atoms with Crippen LogP contribution in [0.4, 0.5) is 9.59 Å². The van der Waals surface area contributed by atoms with Crippen LogP contribution in [0.25, 0.3) is 0 Å². The zero-order chi connectivity index (χ0) is 20.3. The van der Waals surface area contributed by atoms with Gasteiger partial charge in [-0.05, 0) is 26.3 Å². The van der Waals surface area contributed by atoms with E-state index in [2.05, 4.69) is 10.6 Å². The Kier molecular flexibility index (Phi) is 9.49. The lowest BCUT2D eigenvalue weighted by Gasteiger charge is -2.24. The summed E-state index contributed by atoms with van der Waals surface area (Å²) in [5.41, 5.74) is 0.157. The molecule has 0 aliphatic carbocycles. The molecule has 0 aliphatic rings. The maximum absolute atomic E-state index is 11.6. The third-order valence-corrected chi connectivity index (χ3v) is 4.05. The molecule has 1 rings (SSSR count). The molecule has 2 amide bonds. The molecule has 0 saturated carbocycles. The van der Waals surface area contributed by atoms with E-state index in [0.29, 0.717) is 12.3 Å². The summed E-state index contributed by atoms with van der Waals surface area (Å²) in [4.78, 5) is 34.3. The third-order valence-electron chi connectivity index (χ3n) is 2.99. The van der Waals surface area contributed by atoms with Crippen LogP contribution in [0.3, 0.4) is 0 Å². The number of carbonyl (C=O) groups excluding carboxylic acids is 3. The summed E-state index contributed by atoms with van der Waals surface area (Å²) in [6.07, 6.45) is -1.37. The van der Waals surface area contributed by atoms with Crippen molar-refractivity contribution in [3.8, 4) is 0 Å². The number of carboxylic acids is 1. The molecule has 0 bridgehead atoms. The van der Waals surface area contributed by atoms with Crippen molar-refractivity contribution < 1.29 is 29.0 Å². The maximum atomic E-state index is 11.6. The minimum absolute atomic E-state index is 0.0856. The number of hydrogen-bond acceptors (Lipinski definition) is 7. The van der Waals surface area contributed by atoms with Crippen molar-refractivity contribution in [3.63, 3.8) is 0 Å². The largest absolute Gasteiger partial charge is 0.548 e. The molecule has 1 atom stereocenters. The number of alkyl carbamates (subject to hydrolysis) is 2. The number of hydrogen-bond donors (Lipinski definition) is 2. The Morgan fingerprint density at radius 1 is 1.15 bits per heavy atom. The molecule has 2 N–H and O–H groups in total. The highest BCUT2D eigenvalue weighted by Crippen LogP contribution is 2.08. The summed E-state index contributed by atoms with van der Waals surface area (Å²) in [6.45, 7) is 5.50. The molecule has 0 fully saturated rings. The van der Waals surface area contributed by atoms with Crippen molar-refractivity contribution in [2.24, 2.45) is 0 Å². The van der Waals surface area contributed by atoms with Gasteiger partial charge in [-0.1, -0.05) is 30.3 Å². The van der Waals surface area contributed by atoms with E-state index in [1.807, 2.05) is 30.3 Å². The normalized spacial score (nSPS) is 12.0. The maximum Gasteiger partial charge on any atom is 0.408 e. The Balaban J connectivity index is 2.21. The van der Waals surface area contributed by atoms with Crippen LogP contribution in [0.1, 0.15) is 26.3 Å². The number of nitrogens with one attached hydrogen (secondary N) is 2. The molecule has 0 spiro atoms. The Labute approximate surface area is 163 Å². The monoisotopic (exact) mass is 397 g/mol. The predicted octanol–water partition coefficient (Wildman–Crippen LogP) is 1.29. The number of amides is 2. The number of carboxylic acid groups (broad SMARTS) is 1. The van der Waals surface area contributed by atoms with Crippen molar-refractivity contribution in [1.29, 1.82) is 0 Å². The molecule has 1 aromatic rings. The van der Waals surface area contributed by atoms with Crippen LogP contribution >= 0.6 is 11.8 Å². The van der Waals surface area contributed by atoms with Gasteiger partial charge in [0.15, 0.2) is 0 Å². The first kappa shape index (κ1) is 22.6. The molecule has 0 saturated heterocycles. The molecule has 0 radical (unpaired) electrons. The quantitative estimate of drug-likeness (QED) is 0.603. The molecule has 0 aliphatic heterocycles. The van der Waals surface area contributed by atoms with Crippen molar-refractivity contribution in [2.75, 3.05) is 18.1 Å². The number of ether oxygens (including phenoxy) is 2. The molecular weight excluding hydrogens is 372 g/mol. The molecule has 0 heterocycles. The summed E-state index contributed by atoms with van der Waals surface area (Å²) in [6, 6.07) is 8.09. The number of aliphatic carboxylic acids is 1. The molecule has 0 aromatic heterocycles. The summed E-state index contributed by atoms with van der Waals surface area (Å²) < 4.78 is 10.1. The van der Waals surface area contributed by atoms with Gasteiger partial charge in [0.1, 0.15) is 12.2 Å². The van der Waals surface area contributed by atoms with E-state index < -0.39 is 29.8 Å². The van der Waals surface area contributed by atoms with Gasteiger partial charge in [-0.15, -0.1) is 0 Å². The number of thioether (sulfide) groups is 1. The zero-order valence-corrected chi connectivity index (χ0v) is 16.5. The average Bonchev–Trinajstić information content (AvgIpc) is 2.57. The van der Waals surface area contributed by atoms with E-state index in [4.69, 9.17) is 9.47 Å². The van der Waals surface area contributed by atoms with E-state index in [0.717, 1.165) is 5.56 Å². The van der Waals surface area contributed by atoms with E-state index in [-0.39, 0.29) is 12.4 Å². The Bertz CT molecular complexity index is 618. The Hall–Kier alpha value is -2.42. The van der Waals surface area contributed by atoms with Gasteiger partial charge in [0.05, 0.1) is 12.0 Å². The van der Waals surface area contributed by atoms with E-state index >= 15 is 0 Å². The molecule has 1 aromatic carbocycles. The van der Waals surface area contributed by atoms with Crippen molar-refractivity contribution in [2.45, 2.75) is 39.0 Å². The van der Waals surface area contributed by atoms with Gasteiger partial charge in [-0.3, -0.25) is 0 Å². The van der Waals surface area contributed by atoms with Crippen LogP contribution in [-0.4, -0.2) is 47.8 Å². The van der Waals surface area contributed by atoms with Crippen molar-refractivity contribution in [3.05, 3.63) is 35.9 Å². The topological polar surface area (TPSA) is 117 Å². The lowest BCUT2D eigenvalue weighted by Crippen LogP contribution is -2.50. The molecule has 9 heteroatoms. The molecule has 150 valence electrons. The molecule has 0 unspecified atom stereocenters. The fourth-order valence-electron chi connectivity index (χ4n) is 1.82. The van der Waals surface area contributed by atoms with Gasteiger partial charge in [-0.25, -0.2) is 9.59 Å². The lowest BCUT2D eigenvalue weighted by atomic mass is 10.2. The minimum atomic E-state index is -1.40. The summed E-state index contributed by atoms with van der Waals surface area (Å²) in [7, 11) is 0. The predicted molar refractivity (Wildman–Crippen MR) is 100 cm³/mol. The van der Waals surface area contributed by atoms with Gasteiger partial charge in [-0.2, -0.15) is 11.8 Å². The van der Waals surface area contributed by atoms with Crippen LogP contribution < -0.4 is 15.7 Å². The average molecular weight is 397 g/mol. The second-order valence-electron chi connectivity index (χ2n) is 6.58. The highest BCUT2D eigenvalue weighted by atomic mass is 32.2. The number of benzene rings is 1. The fourth-order valence-corrected chi connectivity index (χ4v) is 2.69. The first-order valence-corrected chi connectivity index (χ1v) is 9.55. The van der Waals surface area contributed by atoms with E-state index in [9.17, 15) is 19.5 Å². The SMILES string of the molecule is CC(C)(C)OC(=O)N[C@@H](CSCCNC(=O)OCc1ccccc1)C(=O)[O-]. The van der Waals surface area contributed by atoms with E-state index in [1.165, 1.54) is 11.8 Å². The lowest BCUT2D eigenvalue weighted by molar-refractivity contribution is -0.307. The van der Waals surface area contributed by atoms with Gasteiger partial charge in [0, 0.05) is 18.1 Å². The first-order chi connectivity index (χ1) is 12.7. The number of carbonyl (C=O) groups is 3. The summed E-state index contributed by atoms with van der Waals surface area (Å²) in [5, 5.41) is 15.9. The van der Waals surface area contributed by atoms with Gasteiger partial charge >= 0.3 is 12.2 Å². The van der Waals surface area contributed by atoms with Crippen LogP contribution in [0.5, 0.6) is 0 Å². The molecular formula is C18H25N2O6S-. The van der Waals surface area contributed by atoms with Crippen LogP contribution in [-0.2, 0) is 20.9 Å². The molecule has 8 nitrogen and oxygen atoms in total. The van der Waals surface area contributed by atoms with Gasteiger partial charge < -0.3 is 30.0 Å². The highest BCUT2D eigenvalue weighted by molar-refractivity contribution is 7.99. The van der Waals surface area contributed by atoms with Crippen LogP contribution in [0, 0.1) is 0 Å². The summed E-state index contributed by atoms with van der Waals surface area (Å²) >= 11 is 1.24. The molecule has 27 heavy (non-hydrogen) atoms.